The second kappa shape index (κ2) is 12.1. The molecule has 0 aliphatic heterocycles. The molecule has 128 valence electrons. The van der Waals surface area contributed by atoms with Crippen LogP contribution < -0.4 is 0 Å². The molecule has 0 aromatic carbocycles. The molecule has 0 fully saturated rings. The second-order valence-corrected chi connectivity index (χ2v) is 23.6. The van der Waals surface area contributed by atoms with Gasteiger partial charge in [0.1, 0.15) is 31.5 Å². The maximum absolute atomic E-state index is 6.18. The van der Waals surface area contributed by atoms with Crippen molar-refractivity contribution < 1.29 is 32.9 Å². The third-order valence-electron chi connectivity index (χ3n) is 1.95. The smallest absolute Gasteiger partial charge is 0.449 e. The van der Waals surface area contributed by atoms with Gasteiger partial charge in [0.05, 0.1) is 0 Å². The largest absolute Gasteiger partial charge is 0.642 e. The standard InChI is InChI=1S/C4H28O8Si9/c1-19(2)11-20(3,4)12-21(8-16-5-13,9-17-6-14)10-18-7-15/h19H,16-18H2,1-4,13-15H3. The predicted octanol–water partition coefficient (Wildman–Crippen LogP) is -5.92. The Morgan fingerprint density at radius 2 is 1.19 bits per heavy atom. The summed E-state index contributed by atoms with van der Waals surface area (Å²) in [6, 6.07) is 0. The van der Waals surface area contributed by atoms with Gasteiger partial charge < -0.3 is 32.9 Å². The maximum atomic E-state index is 6.18. The highest BCUT2D eigenvalue weighted by Crippen LogP contribution is 2.19. The molecular weight excluding hydrogens is 429 g/mol. The van der Waals surface area contributed by atoms with E-state index >= 15 is 0 Å². The Balaban J connectivity index is 5.00. The van der Waals surface area contributed by atoms with Gasteiger partial charge in [-0.2, -0.15) is 0 Å². The molecule has 0 spiro atoms. The third kappa shape index (κ3) is 10.9. The van der Waals surface area contributed by atoms with E-state index in [-0.39, 0.29) is 0 Å². The van der Waals surface area contributed by atoms with Crippen LogP contribution in [0.5, 0.6) is 0 Å². The first-order valence-corrected chi connectivity index (χ1v) is 19.7. The van der Waals surface area contributed by atoms with Crippen LogP contribution in [-0.2, 0) is 32.9 Å². The fraction of sp³-hybridized carbons (Fsp3) is 1.00. The minimum Gasteiger partial charge on any atom is -0.449 e. The van der Waals surface area contributed by atoms with Crippen molar-refractivity contribution in [2.75, 3.05) is 0 Å². The van der Waals surface area contributed by atoms with Crippen molar-refractivity contribution in [1.82, 2.24) is 0 Å². The summed E-state index contributed by atoms with van der Waals surface area (Å²) >= 11 is 0. The molecule has 0 saturated heterocycles. The lowest BCUT2D eigenvalue weighted by molar-refractivity contribution is 0.132. The first-order valence-electron chi connectivity index (χ1n) is 6.57. The molecule has 0 saturated carbocycles. The lowest BCUT2D eigenvalue weighted by Crippen LogP contribution is -2.59. The van der Waals surface area contributed by atoms with E-state index in [1.165, 1.54) is 0 Å². The first kappa shape index (κ1) is 22.6. The molecule has 0 aliphatic carbocycles. The highest BCUT2D eigenvalue weighted by atomic mass is 28.5. The molecule has 0 radical (unpaired) electrons. The van der Waals surface area contributed by atoms with Gasteiger partial charge in [0.2, 0.25) is 0 Å². The monoisotopic (exact) mass is 456 g/mol. The topological polar surface area (TPSA) is 73.8 Å². The van der Waals surface area contributed by atoms with Gasteiger partial charge >= 0.3 is 17.6 Å². The van der Waals surface area contributed by atoms with Crippen LogP contribution in [0.1, 0.15) is 0 Å². The predicted molar refractivity (Wildman–Crippen MR) is 106 cm³/mol. The fourth-order valence-corrected chi connectivity index (χ4v) is 21.0. The van der Waals surface area contributed by atoms with E-state index in [2.05, 4.69) is 13.1 Å². The molecule has 17 heteroatoms. The van der Waals surface area contributed by atoms with Crippen LogP contribution in [0.25, 0.3) is 0 Å². The van der Waals surface area contributed by atoms with Crippen LogP contribution in [0.3, 0.4) is 0 Å². The Morgan fingerprint density at radius 3 is 1.48 bits per heavy atom. The summed E-state index contributed by atoms with van der Waals surface area (Å²) in [6.07, 6.45) is 0. The maximum Gasteiger partial charge on any atom is 0.642 e. The molecule has 0 aromatic heterocycles. The average Bonchev–Trinajstić information content (AvgIpc) is 2.38. The van der Waals surface area contributed by atoms with E-state index in [0.29, 0.717) is 31.5 Å². The average molecular weight is 457 g/mol. The summed E-state index contributed by atoms with van der Waals surface area (Å²) in [6.45, 7) is 8.22. The van der Waals surface area contributed by atoms with Crippen molar-refractivity contribution >= 4 is 88.1 Å². The van der Waals surface area contributed by atoms with Gasteiger partial charge in [-0.1, -0.05) is 0 Å². The highest BCUT2D eigenvalue weighted by molar-refractivity contribution is 6.82. The van der Waals surface area contributed by atoms with Crippen LogP contribution in [0.15, 0.2) is 0 Å². The zero-order valence-corrected chi connectivity index (χ0v) is 27.4. The van der Waals surface area contributed by atoms with Crippen LogP contribution in [0.2, 0.25) is 26.2 Å². The lowest BCUT2D eigenvalue weighted by atomic mass is 11.9. The minimum absolute atomic E-state index is 0.635. The molecule has 0 atom stereocenters. The minimum atomic E-state index is -3.22. The van der Waals surface area contributed by atoms with Gasteiger partial charge in [-0.15, -0.1) is 0 Å². The molecule has 0 N–H and O–H groups in total. The van der Waals surface area contributed by atoms with Crippen molar-refractivity contribution in [2.45, 2.75) is 26.2 Å². The summed E-state index contributed by atoms with van der Waals surface area (Å²) in [7, 11) is -8.36. The number of hydrogen-bond acceptors (Lipinski definition) is 8. The molecule has 0 amide bonds. The summed E-state index contributed by atoms with van der Waals surface area (Å²) in [5.41, 5.74) is 0. The van der Waals surface area contributed by atoms with E-state index in [0.717, 1.165) is 0 Å². The van der Waals surface area contributed by atoms with E-state index in [4.69, 9.17) is 32.9 Å². The Hall–Kier alpha value is 1.63. The summed E-state index contributed by atoms with van der Waals surface area (Å²) in [5.74, 6) is 0. The summed E-state index contributed by atoms with van der Waals surface area (Å²) in [5, 5.41) is 0. The zero-order chi connectivity index (χ0) is 16.4. The molecule has 0 heterocycles. The van der Waals surface area contributed by atoms with E-state index in [9.17, 15) is 0 Å². The van der Waals surface area contributed by atoms with Gasteiger partial charge in [0, 0.05) is 0 Å². The summed E-state index contributed by atoms with van der Waals surface area (Å²) in [4.78, 5) is 0. The Labute approximate surface area is 147 Å². The molecule has 0 bridgehead atoms. The third-order valence-corrected chi connectivity index (χ3v) is 17.6. The fourth-order valence-electron chi connectivity index (χ4n) is 1.50. The van der Waals surface area contributed by atoms with Crippen molar-refractivity contribution in [2.24, 2.45) is 0 Å². The Kier molecular flexibility index (Phi) is 13.0. The zero-order valence-electron chi connectivity index (χ0n) is 14.0. The van der Waals surface area contributed by atoms with Gasteiger partial charge in [-0.3, -0.25) is 0 Å². The van der Waals surface area contributed by atoms with Crippen LogP contribution in [0, 0.1) is 0 Å². The SMILES string of the molecule is C[SiH](C)O[Si](C)(C)O[Si](O[SiH2]O[SiH3])(O[SiH2]O[SiH3])O[SiH2]O[SiH3]. The molecule has 21 heavy (non-hydrogen) atoms. The van der Waals surface area contributed by atoms with E-state index in [1.54, 1.807) is 0 Å². The number of rotatable bonds is 13. The molecule has 0 aliphatic rings. The first-order chi connectivity index (χ1) is 9.81. The van der Waals surface area contributed by atoms with Crippen LogP contribution >= 0.6 is 0 Å². The highest BCUT2D eigenvalue weighted by Gasteiger charge is 2.50. The van der Waals surface area contributed by atoms with Gasteiger partial charge in [-0.25, -0.2) is 0 Å². The lowest BCUT2D eigenvalue weighted by Gasteiger charge is -2.36. The molecule has 8 nitrogen and oxygen atoms in total. The molecular formula is C4H28O8Si9. The van der Waals surface area contributed by atoms with Crippen LogP contribution in [0.4, 0.5) is 0 Å². The van der Waals surface area contributed by atoms with Gasteiger partial charge in [-0.05, 0) is 26.2 Å². The Morgan fingerprint density at radius 1 is 0.810 bits per heavy atom. The quantitative estimate of drug-likeness (QED) is 0.254. The van der Waals surface area contributed by atoms with Crippen molar-refractivity contribution in [3.05, 3.63) is 0 Å². The normalized spacial score (nSPS) is 17.6. The van der Waals surface area contributed by atoms with Crippen molar-refractivity contribution in [3.63, 3.8) is 0 Å². The van der Waals surface area contributed by atoms with E-state index < -0.39 is 56.7 Å². The van der Waals surface area contributed by atoms with Gasteiger partial charge in [0.15, 0.2) is 9.04 Å². The summed E-state index contributed by atoms with van der Waals surface area (Å²) < 4.78 is 45.5. The van der Waals surface area contributed by atoms with Crippen LogP contribution in [-0.4, -0.2) is 88.1 Å². The molecule has 0 rings (SSSR count). The Bertz CT molecular complexity index is 246. The molecule has 0 unspecified atom stereocenters. The number of hydrogen-bond donors (Lipinski definition) is 0. The van der Waals surface area contributed by atoms with Gasteiger partial charge in [0.25, 0.3) is 30.0 Å². The van der Waals surface area contributed by atoms with Crippen molar-refractivity contribution in [1.29, 1.82) is 0 Å². The molecule has 0 aromatic rings. The van der Waals surface area contributed by atoms with E-state index in [1.807, 2.05) is 13.1 Å². The van der Waals surface area contributed by atoms with Crippen molar-refractivity contribution in [3.8, 4) is 0 Å². The second-order valence-electron chi connectivity index (χ2n) is 4.82.